The molecule has 0 saturated carbocycles. The van der Waals surface area contributed by atoms with Crippen LogP contribution < -0.4 is 16.2 Å². The van der Waals surface area contributed by atoms with Crippen LogP contribution in [0, 0.1) is 0 Å². The van der Waals surface area contributed by atoms with E-state index in [1.807, 2.05) is 0 Å². The number of rotatable bonds is 4. The summed E-state index contributed by atoms with van der Waals surface area (Å²) in [5.74, 6) is 0.374. The van der Waals surface area contributed by atoms with Gasteiger partial charge in [-0.15, -0.1) is 0 Å². The second kappa shape index (κ2) is 5.50. The van der Waals surface area contributed by atoms with Gasteiger partial charge in [-0.2, -0.15) is 0 Å². The number of aromatic amines is 1. The number of anilines is 1. The normalized spacial score (nSPS) is 9.73. The van der Waals surface area contributed by atoms with Crippen molar-refractivity contribution in [3.8, 4) is 0 Å². The average Bonchev–Trinajstić information content (AvgIpc) is 2.18. The quantitative estimate of drug-likeness (QED) is 0.679. The molecule has 82 valence electrons. The van der Waals surface area contributed by atoms with Crippen molar-refractivity contribution in [2.24, 2.45) is 0 Å². The number of nitrogens with one attached hydrogen (secondary N) is 3. The van der Waals surface area contributed by atoms with E-state index in [1.54, 1.807) is 0 Å². The van der Waals surface area contributed by atoms with Gasteiger partial charge >= 0.3 is 0 Å². The molecule has 1 aromatic rings. The summed E-state index contributed by atoms with van der Waals surface area (Å²) < 4.78 is 0.354. The van der Waals surface area contributed by atoms with Gasteiger partial charge in [-0.3, -0.25) is 9.59 Å². The number of halogens is 1. The molecule has 0 radical (unpaired) electrons. The van der Waals surface area contributed by atoms with Crippen molar-refractivity contribution in [2.75, 3.05) is 18.4 Å². The van der Waals surface area contributed by atoms with E-state index in [-0.39, 0.29) is 11.5 Å². The number of nitrogens with zero attached hydrogens (tertiary/aromatic N) is 1. The number of aromatic nitrogens is 2. The number of carbonyl (C=O) groups is 1. The van der Waals surface area contributed by atoms with Gasteiger partial charge in [-0.1, -0.05) is 0 Å². The Labute approximate surface area is 94.6 Å². The summed E-state index contributed by atoms with van der Waals surface area (Å²) in [5.41, 5.74) is -0.243. The van der Waals surface area contributed by atoms with Crippen LogP contribution in [0.3, 0.4) is 0 Å². The monoisotopic (exact) mass is 274 g/mol. The van der Waals surface area contributed by atoms with Crippen molar-refractivity contribution >= 4 is 27.7 Å². The highest BCUT2D eigenvalue weighted by molar-refractivity contribution is 9.10. The Morgan fingerprint density at radius 3 is 3.00 bits per heavy atom. The third-order valence-electron chi connectivity index (χ3n) is 1.59. The number of hydrogen-bond donors (Lipinski definition) is 3. The zero-order valence-electron chi connectivity index (χ0n) is 8.13. The molecule has 0 bridgehead atoms. The number of hydrogen-bond acceptors (Lipinski definition) is 4. The summed E-state index contributed by atoms with van der Waals surface area (Å²) in [6, 6.07) is 0. The van der Waals surface area contributed by atoms with Crippen LogP contribution >= 0.6 is 15.9 Å². The molecule has 1 heterocycles. The van der Waals surface area contributed by atoms with Crippen LogP contribution in [0.5, 0.6) is 0 Å². The molecule has 0 aliphatic rings. The lowest BCUT2D eigenvalue weighted by molar-refractivity contribution is -0.118. The molecule has 15 heavy (non-hydrogen) atoms. The molecule has 0 aromatic carbocycles. The molecule has 0 spiro atoms. The van der Waals surface area contributed by atoms with E-state index in [2.05, 4.69) is 36.5 Å². The maximum Gasteiger partial charge on any atom is 0.267 e. The van der Waals surface area contributed by atoms with Crippen LogP contribution in [0.25, 0.3) is 0 Å². The molecular formula is C8H11BrN4O2. The van der Waals surface area contributed by atoms with Crippen LogP contribution in [0.15, 0.2) is 15.6 Å². The first-order valence-corrected chi connectivity index (χ1v) is 5.12. The van der Waals surface area contributed by atoms with Gasteiger partial charge in [0.05, 0.1) is 6.33 Å². The third-order valence-corrected chi connectivity index (χ3v) is 2.32. The molecule has 0 atom stereocenters. The van der Waals surface area contributed by atoms with E-state index in [9.17, 15) is 9.59 Å². The van der Waals surface area contributed by atoms with Crippen LogP contribution in [0.1, 0.15) is 6.92 Å². The highest BCUT2D eigenvalue weighted by Gasteiger charge is 2.03. The van der Waals surface area contributed by atoms with Crippen molar-refractivity contribution in [1.82, 2.24) is 15.3 Å². The third kappa shape index (κ3) is 3.70. The minimum Gasteiger partial charge on any atom is -0.367 e. The Morgan fingerprint density at radius 2 is 2.33 bits per heavy atom. The van der Waals surface area contributed by atoms with Gasteiger partial charge in [0.25, 0.3) is 5.56 Å². The molecule has 1 amide bonds. The van der Waals surface area contributed by atoms with Gasteiger partial charge in [0.15, 0.2) is 0 Å². The summed E-state index contributed by atoms with van der Waals surface area (Å²) in [7, 11) is 0. The van der Waals surface area contributed by atoms with Gasteiger partial charge in [-0.25, -0.2) is 4.98 Å². The standard InChI is InChI=1S/C8H11BrN4O2/c1-5(14)10-2-3-11-7-6(9)8(15)13-4-12-7/h4H,2-3H2,1H3,(H,10,14)(H2,11,12,13,15). The smallest absolute Gasteiger partial charge is 0.267 e. The van der Waals surface area contributed by atoms with E-state index in [1.165, 1.54) is 13.3 Å². The van der Waals surface area contributed by atoms with E-state index in [0.29, 0.717) is 23.4 Å². The Kier molecular flexibility index (Phi) is 4.29. The van der Waals surface area contributed by atoms with Crippen molar-refractivity contribution in [3.63, 3.8) is 0 Å². The lowest BCUT2D eigenvalue weighted by Crippen LogP contribution is -2.27. The van der Waals surface area contributed by atoms with E-state index < -0.39 is 0 Å². The molecule has 1 rings (SSSR count). The van der Waals surface area contributed by atoms with Gasteiger partial charge in [0.2, 0.25) is 5.91 Å². The Morgan fingerprint density at radius 1 is 1.60 bits per heavy atom. The highest BCUT2D eigenvalue weighted by Crippen LogP contribution is 2.11. The predicted octanol–water partition coefficient (Wildman–Crippen LogP) is 0.0804. The molecule has 0 aliphatic carbocycles. The zero-order chi connectivity index (χ0) is 11.3. The topological polar surface area (TPSA) is 86.9 Å². The number of amides is 1. The Hall–Kier alpha value is -1.37. The highest BCUT2D eigenvalue weighted by atomic mass is 79.9. The first-order valence-electron chi connectivity index (χ1n) is 4.32. The molecule has 6 nitrogen and oxygen atoms in total. The van der Waals surface area contributed by atoms with Crippen molar-refractivity contribution in [1.29, 1.82) is 0 Å². The van der Waals surface area contributed by atoms with E-state index >= 15 is 0 Å². The lowest BCUT2D eigenvalue weighted by atomic mass is 10.5. The van der Waals surface area contributed by atoms with Gasteiger partial charge in [-0.05, 0) is 15.9 Å². The minimum atomic E-state index is -0.243. The van der Waals surface area contributed by atoms with Crippen LogP contribution in [-0.2, 0) is 4.79 Å². The summed E-state index contributed by atoms with van der Waals surface area (Å²) >= 11 is 3.11. The molecule has 0 unspecified atom stereocenters. The Bertz CT molecular complexity index is 404. The Balaban J connectivity index is 2.48. The van der Waals surface area contributed by atoms with Crippen LogP contribution in [0.4, 0.5) is 5.82 Å². The first kappa shape index (κ1) is 11.7. The van der Waals surface area contributed by atoms with Crippen LogP contribution in [-0.4, -0.2) is 29.0 Å². The fraction of sp³-hybridized carbons (Fsp3) is 0.375. The molecule has 3 N–H and O–H groups in total. The number of H-pyrrole nitrogens is 1. The molecule has 0 fully saturated rings. The number of carbonyl (C=O) groups excluding carboxylic acids is 1. The summed E-state index contributed by atoms with van der Waals surface area (Å²) in [6.45, 7) is 2.44. The average molecular weight is 275 g/mol. The fourth-order valence-corrected chi connectivity index (χ4v) is 1.28. The fourth-order valence-electron chi connectivity index (χ4n) is 0.926. The van der Waals surface area contributed by atoms with E-state index in [0.717, 1.165) is 0 Å². The molecule has 1 aromatic heterocycles. The largest absolute Gasteiger partial charge is 0.367 e. The van der Waals surface area contributed by atoms with Gasteiger partial charge in [0.1, 0.15) is 10.3 Å². The maximum atomic E-state index is 11.1. The van der Waals surface area contributed by atoms with Crippen LogP contribution in [0.2, 0.25) is 0 Å². The summed E-state index contributed by atoms with van der Waals surface area (Å²) in [6.07, 6.45) is 1.31. The van der Waals surface area contributed by atoms with Gasteiger partial charge in [0, 0.05) is 20.0 Å². The molecular weight excluding hydrogens is 264 g/mol. The second-order valence-corrected chi connectivity index (χ2v) is 3.60. The summed E-state index contributed by atoms with van der Waals surface area (Å²) in [5, 5.41) is 5.54. The van der Waals surface area contributed by atoms with Crippen molar-refractivity contribution < 1.29 is 4.79 Å². The first-order chi connectivity index (χ1) is 7.11. The van der Waals surface area contributed by atoms with Crippen molar-refractivity contribution in [2.45, 2.75) is 6.92 Å². The minimum absolute atomic E-state index is 0.0882. The lowest BCUT2D eigenvalue weighted by Gasteiger charge is -2.06. The second-order valence-electron chi connectivity index (χ2n) is 2.80. The SMILES string of the molecule is CC(=O)NCCNc1nc[nH]c(=O)c1Br. The maximum absolute atomic E-state index is 11.1. The van der Waals surface area contributed by atoms with Gasteiger partial charge < -0.3 is 15.6 Å². The summed E-state index contributed by atoms with van der Waals surface area (Å²) in [4.78, 5) is 28.0. The molecule has 0 saturated heterocycles. The predicted molar refractivity (Wildman–Crippen MR) is 59.7 cm³/mol. The molecule has 0 aliphatic heterocycles. The van der Waals surface area contributed by atoms with Crippen molar-refractivity contribution in [3.05, 3.63) is 21.2 Å². The zero-order valence-corrected chi connectivity index (χ0v) is 9.72. The molecule has 7 heteroatoms. The van der Waals surface area contributed by atoms with E-state index in [4.69, 9.17) is 0 Å².